The van der Waals surface area contributed by atoms with Gasteiger partial charge in [-0.2, -0.15) is 0 Å². The van der Waals surface area contributed by atoms with E-state index in [2.05, 4.69) is 28.6 Å². The van der Waals surface area contributed by atoms with Crippen molar-refractivity contribution in [3.05, 3.63) is 54.1 Å². The lowest BCUT2D eigenvalue weighted by atomic mass is 9.92. The highest BCUT2D eigenvalue weighted by molar-refractivity contribution is 5.26. The van der Waals surface area contributed by atoms with E-state index in [1.807, 2.05) is 30.7 Å². The van der Waals surface area contributed by atoms with Gasteiger partial charge in [-0.25, -0.2) is 4.98 Å². The van der Waals surface area contributed by atoms with Crippen molar-refractivity contribution in [3.8, 4) is 0 Å². The first-order chi connectivity index (χ1) is 10.3. The minimum Gasteiger partial charge on any atom is -0.381 e. The molecule has 2 unspecified atom stereocenters. The molecule has 3 rings (SSSR count). The molecule has 1 aromatic heterocycles. The van der Waals surface area contributed by atoms with Gasteiger partial charge in [-0.1, -0.05) is 30.3 Å². The van der Waals surface area contributed by atoms with E-state index in [0.29, 0.717) is 12.0 Å². The van der Waals surface area contributed by atoms with Crippen LogP contribution in [-0.2, 0) is 4.74 Å². The zero-order chi connectivity index (χ0) is 14.7. The second kappa shape index (κ2) is 6.41. The largest absolute Gasteiger partial charge is 0.381 e. The lowest BCUT2D eigenvalue weighted by Crippen LogP contribution is -2.26. The zero-order valence-electron chi connectivity index (χ0n) is 12.5. The predicted octanol–water partition coefficient (Wildman–Crippen LogP) is 2.92. The Labute approximate surface area is 125 Å². The van der Waals surface area contributed by atoms with Crippen LogP contribution in [0.15, 0.2) is 42.9 Å². The lowest BCUT2D eigenvalue weighted by Gasteiger charge is -2.30. The Morgan fingerprint density at radius 3 is 2.67 bits per heavy atom. The summed E-state index contributed by atoms with van der Waals surface area (Å²) in [4.78, 5) is 4.34. The standard InChI is InChI=1S/C17H23N3O/c1-13(14-7-9-21-10-8-14)20-12-19-11-16(20)17(18)15-5-3-2-4-6-15/h2-6,11-14,17H,7-10,18H2,1H3. The molecule has 1 fully saturated rings. The first kappa shape index (κ1) is 14.3. The van der Waals surface area contributed by atoms with Gasteiger partial charge in [0, 0.05) is 19.3 Å². The van der Waals surface area contributed by atoms with Crippen LogP contribution in [0.5, 0.6) is 0 Å². The minimum absolute atomic E-state index is 0.129. The maximum Gasteiger partial charge on any atom is 0.0951 e. The summed E-state index contributed by atoms with van der Waals surface area (Å²) >= 11 is 0. The second-order valence-corrected chi connectivity index (χ2v) is 5.80. The van der Waals surface area contributed by atoms with Gasteiger partial charge >= 0.3 is 0 Å². The first-order valence-electron chi connectivity index (χ1n) is 7.67. The molecule has 2 heterocycles. The van der Waals surface area contributed by atoms with Crippen molar-refractivity contribution in [2.24, 2.45) is 11.7 Å². The molecule has 112 valence electrons. The van der Waals surface area contributed by atoms with Gasteiger partial charge in [-0.3, -0.25) is 0 Å². The Morgan fingerprint density at radius 1 is 1.24 bits per heavy atom. The monoisotopic (exact) mass is 285 g/mol. The van der Waals surface area contributed by atoms with Crippen molar-refractivity contribution < 1.29 is 4.74 Å². The summed E-state index contributed by atoms with van der Waals surface area (Å²) in [6.45, 7) is 3.99. The van der Waals surface area contributed by atoms with E-state index in [-0.39, 0.29) is 6.04 Å². The molecule has 1 aliphatic rings. The number of ether oxygens (including phenoxy) is 1. The fourth-order valence-electron chi connectivity index (χ4n) is 3.15. The van der Waals surface area contributed by atoms with Crippen LogP contribution in [0.3, 0.4) is 0 Å². The molecule has 2 aromatic rings. The number of hydrogen-bond acceptors (Lipinski definition) is 3. The van der Waals surface area contributed by atoms with Gasteiger partial charge in [-0.15, -0.1) is 0 Å². The number of nitrogens with zero attached hydrogens (tertiary/aromatic N) is 2. The van der Waals surface area contributed by atoms with E-state index in [0.717, 1.165) is 37.3 Å². The van der Waals surface area contributed by atoms with E-state index < -0.39 is 0 Å². The minimum atomic E-state index is -0.129. The number of imidazole rings is 1. The molecule has 1 saturated heterocycles. The maximum atomic E-state index is 6.44. The number of hydrogen-bond donors (Lipinski definition) is 1. The SMILES string of the molecule is CC(C1CCOCC1)n1cncc1C(N)c1ccccc1. The quantitative estimate of drug-likeness (QED) is 0.939. The molecule has 0 bridgehead atoms. The molecule has 2 atom stereocenters. The predicted molar refractivity (Wildman–Crippen MR) is 83.0 cm³/mol. The summed E-state index contributed by atoms with van der Waals surface area (Å²) < 4.78 is 7.71. The summed E-state index contributed by atoms with van der Waals surface area (Å²) in [5, 5.41) is 0. The Kier molecular flexibility index (Phi) is 4.36. The van der Waals surface area contributed by atoms with Crippen LogP contribution in [0.2, 0.25) is 0 Å². The normalized spacial score (nSPS) is 19.3. The van der Waals surface area contributed by atoms with Gasteiger partial charge in [0.05, 0.1) is 24.3 Å². The third-order valence-electron chi connectivity index (χ3n) is 4.56. The average molecular weight is 285 g/mol. The van der Waals surface area contributed by atoms with E-state index >= 15 is 0 Å². The van der Waals surface area contributed by atoms with Crippen molar-refractivity contribution in [1.29, 1.82) is 0 Å². The Balaban J connectivity index is 1.83. The van der Waals surface area contributed by atoms with Crippen LogP contribution in [0, 0.1) is 5.92 Å². The van der Waals surface area contributed by atoms with Gasteiger partial charge in [0.2, 0.25) is 0 Å². The molecule has 0 amide bonds. The molecule has 4 nitrogen and oxygen atoms in total. The second-order valence-electron chi connectivity index (χ2n) is 5.80. The van der Waals surface area contributed by atoms with E-state index in [1.165, 1.54) is 0 Å². The van der Waals surface area contributed by atoms with Gasteiger partial charge in [-0.05, 0) is 31.2 Å². The topological polar surface area (TPSA) is 53.1 Å². The molecule has 4 heteroatoms. The summed E-state index contributed by atoms with van der Waals surface area (Å²) in [6, 6.07) is 10.5. The molecular weight excluding hydrogens is 262 g/mol. The van der Waals surface area contributed by atoms with Crippen LogP contribution in [0.1, 0.15) is 43.1 Å². The number of rotatable bonds is 4. The third-order valence-corrected chi connectivity index (χ3v) is 4.56. The molecule has 21 heavy (non-hydrogen) atoms. The highest BCUT2D eigenvalue weighted by Gasteiger charge is 2.24. The van der Waals surface area contributed by atoms with Crippen molar-refractivity contribution in [2.75, 3.05) is 13.2 Å². The molecule has 0 aliphatic carbocycles. The average Bonchev–Trinajstić information content (AvgIpc) is 3.04. The molecule has 2 N–H and O–H groups in total. The van der Waals surface area contributed by atoms with Crippen LogP contribution in [0.4, 0.5) is 0 Å². The number of aromatic nitrogens is 2. The molecule has 0 saturated carbocycles. The van der Waals surface area contributed by atoms with Crippen LogP contribution >= 0.6 is 0 Å². The van der Waals surface area contributed by atoms with Crippen molar-refractivity contribution in [3.63, 3.8) is 0 Å². The van der Waals surface area contributed by atoms with Gasteiger partial charge in [0.25, 0.3) is 0 Å². The molecule has 0 spiro atoms. The highest BCUT2D eigenvalue weighted by atomic mass is 16.5. The van der Waals surface area contributed by atoms with Crippen molar-refractivity contribution in [1.82, 2.24) is 9.55 Å². The van der Waals surface area contributed by atoms with Gasteiger partial charge in [0.1, 0.15) is 0 Å². The molecular formula is C17H23N3O. The summed E-state index contributed by atoms with van der Waals surface area (Å²) in [5.41, 5.74) is 8.65. The Hall–Kier alpha value is -1.65. The number of benzene rings is 1. The third kappa shape index (κ3) is 3.01. The summed E-state index contributed by atoms with van der Waals surface area (Å²) in [7, 11) is 0. The maximum absolute atomic E-state index is 6.44. The van der Waals surface area contributed by atoms with Crippen molar-refractivity contribution in [2.45, 2.75) is 31.8 Å². The highest BCUT2D eigenvalue weighted by Crippen LogP contribution is 2.30. The van der Waals surface area contributed by atoms with Gasteiger partial charge < -0.3 is 15.0 Å². The Bertz CT molecular complexity index is 560. The lowest BCUT2D eigenvalue weighted by molar-refractivity contribution is 0.0509. The fourth-order valence-corrected chi connectivity index (χ4v) is 3.15. The fraction of sp³-hybridized carbons (Fsp3) is 0.471. The van der Waals surface area contributed by atoms with E-state index in [9.17, 15) is 0 Å². The summed E-state index contributed by atoms with van der Waals surface area (Å²) in [6.07, 6.45) is 6.03. The zero-order valence-corrected chi connectivity index (χ0v) is 12.5. The molecule has 1 aromatic carbocycles. The van der Waals surface area contributed by atoms with Crippen LogP contribution in [0.25, 0.3) is 0 Å². The Morgan fingerprint density at radius 2 is 1.95 bits per heavy atom. The summed E-state index contributed by atoms with van der Waals surface area (Å²) in [5.74, 6) is 0.634. The molecule has 0 radical (unpaired) electrons. The number of nitrogens with two attached hydrogens (primary N) is 1. The van der Waals surface area contributed by atoms with Gasteiger partial charge in [0.15, 0.2) is 0 Å². The molecule has 1 aliphatic heterocycles. The van der Waals surface area contributed by atoms with E-state index in [4.69, 9.17) is 10.5 Å². The first-order valence-corrected chi connectivity index (χ1v) is 7.67. The van der Waals surface area contributed by atoms with Crippen LogP contribution < -0.4 is 5.73 Å². The van der Waals surface area contributed by atoms with Crippen LogP contribution in [-0.4, -0.2) is 22.8 Å². The smallest absolute Gasteiger partial charge is 0.0951 e. The van der Waals surface area contributed by atoms with E-state index in [1.54, 1.807) is 0 Å². The van der Waals surface area contributed by atoms with Crippen molar-refractivity contribution >= 4 is 0 Å².